The summed E-state index contributed by atoms with van der Waals surface area (Å²) in [5, 5.41) is 13.4. The number of hydrogen-bond acceptors (Lipinski definition) is 7. The van der Waals surface area contributed by atoms with E-state index in [1.807, 2.05) is 54.8 Å². The van der Waals surface area contributed by atoms with Crippen molar-refractivity contribution in [2.75, 3.05) is 12.9 Å². The van der Waals surface area contributed by atoms with Crippen molar-refractivity contribution < 1.29 is 9.53 Å². The molecule has 3 rings (SSSR count). The zero-order chi connectivity index (χ0) is 20.6. The molecule has 1 aromatic carbocycles. The van der Waals surface area contributed by atoms with Crippen LogP contribution in [0, 0.1) is 0 Å². The number of carbonyl (C=O) groups excluding carboxylic acids is 1. The molecule has 2 heterocycles. The number of thioether (sulfide) groups is 1. The number of aromatic nitrogens is 4. The summed E-state index contributed by atoms with van der Waals surface area (Å²) in [6.45, 7) is 4.54. The van der Waals surface area contributed by atoms with Crippen molar-refractivity contribution in [2.45, 2.75) is 25.5 Å². The Kier molecular flexibility index (Phi) is 6.96. The highest BCUT2D eigenvalue weighted by atomic mass is 32.2. The molecule has 0 saturated heterocycles. The van der Waals surface area contributed by atoms with Gasteiger partial charge in [-0.2, -0.15) is 5.10 Å². The molecule has 29 heavy (non-hydrogen) atoms. The van der Waals surface area contributed by atoms with E-state index < -0.39 is 0 Å². The molecule has 2 aromatic heterocycles. The van der Waals surface area contributed by atoms with Gasteiger partial charge < -0.3 is 9.30 Å². The predicted molar refractivity (Wildman–Crippen MR) is 113 cm³/mol. The van der Waals surface area contributed by atoms with E-state index in [4.69, 9.17) is 4.74 Å². The van der Waals surface area contributed by atoms with Crippen molar-refractivity contribution in [3.8, 4) is 17.1 Å². The van der Waals surface area contributed by atoms with E-state index in [1.165, 1.54) is 11.8 Å². The molecular weight excluding hydrogens is 388 g/mol. The summed E-state index contributed by atoms with van der Waals surface area (Å²) in [6.07, 6.45) is 3.37. The number of nitrogens with zero attached hydrogens (tertiary/aromatic N) is 5. The summed E-state index contributed by atoms with van der Waals surface area (Å²) in [4.78, 5) is 16.1. The highest BCUT2D eigenvalue weighted by Gasteiger charge is 2.14. The summed E-state index contributed by atoms with van der Waals surface area (Å²) in [5.41, 5.74) is 5.13. The van der Waals surface area contributed by atoms with Crippen LogP contribution in [0.25, 0.3) is 11.4 Å². The van der Waals surface area contributed by atoms with Crippen molar-refractivity contribution in [1.82, 2.24) is 25.2 Å². The lowest BCUT2D eigenvalue weighted by atomic mass is 10.2. The van der Waals surface area contributed by atoms with Gasteiger partial charge in [0.2, 0.25) is 0 Å². The fraction of sp³-hybridized carbons (Fsp3) is 0.250. The predicted octanol–water partition coefficient (Wildman–Crippen LogP) is 3.00. The van der Waals surface area contributed by atoms with Crippen molar-refractivity contribution in [1.29, 1.82) is 0 Å². The smallest absolute Gasteiger partial charge is 0.250 e. The number of hydrazone groups is 1. The minimum absolute atomic E-state index is 0.188. The second-order valence-electron chi connectivity index (χ2n) is 6.04. The van der Waals surface area contributed by atoms with Crippen LogP contribution < -0.4 is 10.2 Å². The standard InChI is InChI=1S/C20H22N6O2S/c1-4-26-19(16-5-7-17(28-3)8-6-16)24-25-20(26)29-13-18(27)23-22-14(2)15-9-11-21-12-10-15/h5-12H,4,13H2,1-3H3,(H,23,27)/b22-14+. The number of amides is 1. The number of ether oxygens (including phenoxy) is 1. The molecule has 1 N–H and O–H groups in total. The number of pyridine rings is 1. The number of carbonyl (C=O) groups is 1. The Hall–Kier alpha value is -3.20. The van der Waals surface area contributed by atoms with Gasteiger partial charge in [0.1, 0.15) is 5.75 Å². The molecule has 0 spiro atoms. The topological polar surface area (TPSA) is 94.3 Å². The summed E-state index contributed by atoms with van der Waals surface area (Å²) in [5.74, 6) is 1.52. The van der Waals surface area contributed by atoms with Crippen LogP contribution in [-0.2, 0) is 11.3 Å². The molecule has 8 nitrogen and oxygen atoms in total. The summed E-state index contributed by atoms with van der Waals surface area (Å²) < 4.78 is 7.17. The van der Waals surface area contributed by atoms with Crippen LogP contribution >= 0.6 is 11.8 Å². The lowest BCUT2D eigenvalue weighted by molar-refractivity contribution is -0.118. The van der Waals surface area contributed by atoms with E-state index in [0.717, 1.165) is 22.7 Å². The van der Waals surface area contributed by atoms with Crippen molar-refractivity contribution in [3.05, 3.63) is 54.4 Å². The van der Waals surface area contributed by atoms with Crippen LogP contribution in [0.1, 0.15) is 19.4 Å². The Labute approximate surface area is 173 Å². The average molecular weight is 411 g/mol. The molecule has 3 aromatic rings. The molecule has 0 fully saturated rings. The fourth-order valence-electron chi connectivity index (χ4n) is 2.60. The maximum Gasteiger partial charge on any atom is 0.250 e. The molecule has 0 aliphatic carbocycles. The minimum Gasteiger partial charge on any atom is -0.497 e. The molecular formula is C20H22N6O2S. The Morgan fingerprint density at radius 3 is 2.55 bits per heavy atom. The number of benzene rings is 1. The molecule has 0 bridgehead atoms. The number of rotatable bonds is 8. The lowest BCUT2D eigenvalue weighted by Gasteiger charge is -2.08. The van der Waals surface area contributed by atoms with Gasteiger partial charge in [-0.3, -0.25) is 9.78 Å². The quantitative estimate of drug-likeness (QED) is 0.349. The normalized spacial score (nSPS) is 11.3. The molecule has 9 heteroatoms. The van der Waals surface area contributed by atoms with Gasteiger partial charge in [-0.15, -0.1) is 10.2 Å². The molecule has 0 aliphatic heterocycles. The maximum atomic E-state index is 12.2. The van der Waals surface area contributed by atoms with Crippen molar-refractivity contribution >= 4 is 23.4 Å². The van der Waals surface area contributed by atoms with Gasteiger partial charge in [0.05, 0.1) is 18.6 Å². The largest absolute Gasteiger partial charge is 0.497 e. The number of nitrogens with one attached hydrogen (secondary N) is 1. The Bertz CT molecular complexity index is 986. The Morgan fingerprint density at radius 2 is 1.90 bits per heavy atom. The molecule has 150 valence electrons. The molecule has 0 atom stereocenters. The highest BCUT2D eigenvalue weighted by Crippen LogP contribution is 2.25. The van der Waals surface area contributed by atoms with Crippen LogP contribution in [0.5, 0.6) is 5.75 Å². The maximum absolute atomic E-state index is 12.2. The van der Waals surface area contributed by atoms with E-state index in [9.17, 15) is 4.79 Å². The number of hydrogen-bond donors (Lipinski definition) is 1. The van der Waals surface area contributed by atoms with Crippen LogP contribution in [0.3, 0.4) is 0 Å². The van der Waals surface area contributed by atoms with Crippen LogP contribution in [-0.4, -0.2) is 44.2 Å². The minimum atomic E-state index is -0.208. The first-order valence-corrected chi connectivity index (χ1v) is 10.0. The zero-order valence-electron chi connectivity index (χ0n) is 16.5. The second kappa shape index (κ2) is 9.83. The van der Waals surface area contributed by atoms with Crippen LogP contribution in [0.4, 0.5) is 0 Å². The molecule has 0 radical (unpaired) electrons. The zero-order valence-corrected chi connectivity index (χ0v) is 17.3. The Morgan fingerprint density at radius 1 is 1.17 bits per heavy atom. The molecule has 0 saturated carbocycles. The van der Waals surface area contributed by atoms with E-state index >= 15 is 0 Å². The third-order valence-electron chi connectivity index (χ3n) is 4.16. The number of methoxy groups -OCH3 is 1. The summed E-state index contributed by atoms with van der Waals surface area (Å²) >= 11 is 1.32. The van der Waals surface area contributed by atoms with Gasteiger partial charge in [0.15, 0.2) is 11.0 Å². The summed E-state index contributed by atoms with van der Waals surface area (Å²) in [6, 6.07) is 11.3. The van der Waals surface area contributed by atoms with Gasteiger partial charge in [-0.1, -0.05) is 11.8 Å². The Balaban J connectivity index is 1.63. The van der Waals surface area contributed by atoms with Gasteiger partial charge in [0, 0.05) is 30.1 Å². The monoisotopic (exact) mass is 410 g/mol. The van der Waals surface area contributed by atoms with Crippen LogP contribution in [0.15, 0.2) is 59.0 Å². The van der Waals surface area contributed by atoms with Crippen molar-refractivity contribution in [3.63, 3.8) is 0 Å². The first-order valence-electron chi connectivity index (χ1n) is 9.06. The average Bonchev–Trinajstić information content (AvgIpc) is 3.19. The van der Waals surface area contributed by atoms with Gasteiger partial charge in [0.25, 0.3) is 5.91 Å². The third-order valence-corrected chi connectivity index (χ3v) is 5.13. The van der Waals surface area contributed by atoms with E-state index in [-0.39, 0.29) is 11.7 Å². The molecule has 0 aliphatic rings. The first kappa shape index (κ1) is 20.5. The van der Waals surface area contributed by atoms with E-state index in [2.05, 4.69) is 25.7 Å². The van der Waals surface area contributed by atoms with E-state index in [1.54, 1.807) is 19.5 Å². The van der Waals surface area contributed by atoms with E-state index in [0.29, 0.717) is 17.4 Å². The van der Waals surface area contributed by atoms with Crippen molar-refractivity contribution in [2.24, 2.45) is 5.10 Å². The van der Waals surface area contributed by atoms with Gasteiger partial charge in [-0.05, 0) is 50.2 Å². The second-order valence-corrected chi connectivity index (χ2v) is 6.98. The fourth-order valence-corrected chi connectivity index (χ4v) is 3.40. The lowest BCUT2D eigenvalue weighted by Crippen LogP contribution is -2.21. The third kappa shape index (κ3) is 5.20. The van der Waals surface area contributed by atoms with Gasteiger partial charge >= 0.3 is 0 Å². The first-order chi connectivity index (χ1) is 14.1. The SMILES string of the molecule is CCn1c(SCC(=O)N/N=C(\C)c2ccncc2)nnc1-c1ccc(OC)cc1. The molecule has 1 amide bonds. The van der Waals surface area contributed by atoms with Gasteiger partial charge in [-0.25, -0.2) is 5.43 Å². The summed E-state index contributed by atoms with van der Waals surface area (Å²) in [7, 11) is 1.63. The van der Waals surface area contributed by atoms with Crippen LogP contribution in [0.2, 0.25) is 0 Å². The molecule has 0 unspecified atom stereocenters. The highest BCUT2D eigenvalue weighted by molar-refractivity contribution is 7.99.